The minimum Gasteiger partial charge on any atom is -0.399 e. The average molecular weight is 316 g/mol. The van der Waals surface area contributed by atoms with E-state index in [9.17, 15) is 12.8 Å². The van der Waals surface area contributed by atoms with Crippen molar-refractivity contribution < 1.29 is 17.5 Å². The number of ether oxygens (including phenoxy) is 1. The third-order valence-corrected chi connectivity index (χ3v) is 5.36. The smallest absolute Gasteiger partial charge is 0.243 e. The number of hydrogen-bond donors (Lipinski definition) is 2. The lowest BCUT2D eigenvalue weighted by atomic mass is 10.0. The normalized spacial score (nSPS) is 16.9. The number of anilines is 1. The summed E-state index contributed by atoms with van der Waals surface area (Å²) in [7, 11) is -2.28. The van der Waals surface area contributed by atoms with Crippen LogP contribution in [0.1, 0.15) is 24.8 Å². The lowest BCUT2D eigenvalue weighted by Gasteiger charge is -2.16. The third kappa shape index (κ3) is 3.72. The number of hydrogen-bond acceptors (Lipinski definition) is 4. The van der Waals surface area contributed by atoms with Gasteiger partial charge in [0.15, 0.2) is 0 Å². The number of nitrogen functional groups attached to an aromatic ring is 1. The van der Waals surface area contributed by atoms with Crippen LogP contribution in [0, 0.1) is 18.2 Å². The van der Waals surface area contributed by atoms with Gasteiger partial charge in [0.1, 0.15) is 10.7 Å². The Morgan fingerprint density at radius 3 is 2.67 bits per heavy atom. The summed E-state index contributed by atoms with van der Waals surface area (Å²) in [6.45, 7) is 2.38. The van der Waals surface area contributed by atoms with Crippen molar-refractivity contribution in [2.75, 3.05) is 26.0 Å². The van der Waals surface area contributed by atoms with E-state index in [2.05, 4.69) is 4.72 Å². The first-order valence-corrected chi connectivity index (χ1v) is 8.32. The minimum absolute atomic E-state index is 0.0467. The van der Waals surface area contributed by atoms with Crippen molar-refractivity contribution in [3.8, 4) is 0 Å². The summed E-state index contributed by atoms with van der Waals surface area (Å²) in [5.41, 5.74) is 6.01. The van der Waals surface area contributed by atoms with E-state index in [4.69, 9.17) is 10.5 Å². The zero-order valence-electron chi connectivity index (χ0n) is 12.3. The fourth-order valence-corrected chi connectivity index (χ4v) is 3.64. The molecular weight excluding hydrogens is 295 g/mol. The lowest BCUT2D eigenvalue weighted by Crippen LogP contribution is -2.31. The molecule has 0 aliphatic heterocycles. The monoisotopic (exact) mass is 316 g/mol. The van der Waals surface area contributed by atoms with Crippen molar-refractivity contribution in [1.29, 1.82) is 0 Å². The van der Waals surface area contributed by atoms with Crippen molar-refractivity contribution in [2.45, 2.75) is 31.1 Å². The molecule has 1 saturated carbocycles. The summed E-state index contributed by atoms with van der Waals surface area (Å²) in [5, 5.41) is 0. The van der Waals surface area contributed by atoms with Crippen LogP contribution in [0.25, 0.3) is 0 Å². The number of methoxy groups -OCH3 is 1. The molecule has 0 radical (unpaired) electrons. The Morgan fingerprint density at radius 1 is 1.43 bits per heavy atom. The standard InChI is InChI=1S/C14H21FN2O3S/c1-10-7-11(16)8-12(13(10)15)21(18,19)17-9-14(3-4-14)5-6-20-2/h7-8,17H,3-6,9,16H2,1-2H3. The number of aryl methyl sites for hydroxylation is 1. The van der Waals surface area contributed by atoms with Gasteiger partial charge in [-0.05, 0) is 49.3 Å². The van der Waals surface area contributed by atoms with E-state index in [0.717, 1.165) is 25.3 Å². The molecule has 0 unspecified atom stereocenters. The molecule has 0 atom stereocenters. The maximum absolute atomic E-state index is 14.0. The molecule has 0 aromatic heterocycles. The Kier molecular flexibility index (Phi) is 4.55. The van der Waals surface area contributed by atoms with Crippen LogP contribution < -0.4 is 10.5 Å². The quantitative estimate of drug-likeness (QED) is 0.752. The molecule has 0 heterocycles. The second-order valence-electron chi connectivity index (χ2n) is 5.72. The van der Waals surface area contributed by atoms with Crippen LogP contribution in [-0.4, -0.2) is 28.7 Å². The molecule has 1 aliphatic rings. The van der Waals surface area contributed by atoms with Gasteiger partial charge >= 0.3 is 0 Å². The first-order valence-electron chi connectivity index (χ1n) is 6.84. The zero-order valence-corrected chi connectivity index (χ0v) is 13.1. The Balaban J connectivity index is 2.13. The van der Waals surface area contributed by atoms with E-state index in [1.807, 2.05) is 0 Å². The van der Waals surface area contributed by atoms with Crippen LogP contribution in [0.2, 0.25) is 0 Å². The number of rotatable bonds is 7. The van der Waals surface area contributed by atoms with Crippen LogP contribution in [-0.2, 0) is 14.8 Å². The molecule has 0 saturated heterocycles. The highest BCUT2D eigenvalue weighted by Gasteiger charge is 2.42. The van der Waals surface area contributed by atoms with E-state index in [1.54, 1.807) is 7.11 Å². The first kappa shape index (κ1) is 16.2. The second kappa shape index (κ2) is 5.90. The van der Waals surface area contributed by atoms with Gasteiger partial charge in [-0.3, -0.25) is 0 Å². The van der Waals surface area contributed by atoms with Crippen molar-refractivity contribution in [3.05, 3.63) is 23.5 Å². The third-order valence-electron chi connectivity index (χ3n) is 3.96. The molecule has 1 fully saturated rings. The summed E-state index contributed by atoms with van der Waals surface area (Å²) in [6.07, 6.45) is 2.71. The van der Waals surface area contributed by atoms with Crippen molar-refractivity contribution in [1.82, 2.24) is 4.72 Å². The predicted octanol–water partition coefficient (Wildman–Crippen LogP) is 1.81. The molecule has 5 nitrogen and oxygen atoms in total. The zero-order chi connectivity index (χ0) is 15.7. The highest BCUT2D eigenvalue weighted by molar-refractivity contribution is 7.89. The maximum atomic E-state index is 14.0. The van der Waals surface area contributed by atoms with Gasteiger partial charge in [0.25, 0.3) is 0 Å². The van der Waals surface area contributed by atoms with Crippen LogP contribution in [0.15, 0.2) is 17.0 Å². The van der Waals surface area contributed by atoms with Crippen LogP contribution in [0.5, 0.6) is 0 Å². The molecule has 1 aromatic carbocycles. The molecular formula is C14H21FN2O3S. The van der Waals surface area contributed by atoms with E-state index < -0.39 is 15.8 Å². The van der Waals surface area contributed by atoms with Gasteiger partial charge in [0, 0.05) is 25.9 Å². The summed E-state index contributed by atoms with van der Waals surface area (Å²) in [4.78, 5) is -0.387. The molecule has 2 rings (SSSR count). The molecule has 0 bridgehead atoms. The van der Waals surface area contributed by atoms with E-state index in [1.165, 1.54) is 13.0 Å². The molecule has 21 heavy (non-hydrogen) atoms. The second-order valence-corrected chi connectivity index (χ2v) is 7.45. The number of halogens is 1. The van der Waals surface area contributed by atoms with Gasteiger partial charge in [-0.1, -0.05) is 0 Å². The van der Waals surface area contributed by atoms with E-state index >= 15 is 0 Å². The molecule has 7 heteroatoms. The highest BCUT2D eigenvalue weighted by atomic mass is 32.2. The summed E-state index contributed by atoms with van der Waals surface area (Å²) >= 11 is 0. The molecule has 1 aromatic rings. The van der Waals surface area contributed by atoms with Crippen LogP contribution in [0.4, 0.5) is 10.1 Å². The van der Waals surface area contributed by atoms with Gasteiger partial charge in [-0.15, -0.1) is 0 Å². The Labute approximate surface area is 124 Å². The van der Waals surface area contributed by atoms with Crippen LogP contribution >= 0.6 is 0 Å². The predicted molar refractivity (Wildman–Crippen MR) is 78.9 cm³/mol. The molecule has 0 spiro atoms. The molecule has 0 amide bonds. The van der Waals surface area contributed by atoms with E-state index in [-0.39, 0.29) is 21.6 Å². The van der Waals surface area contributed by atoms with Gasteiger partial charge in [0.2, 0.25) is 10.0 Å². The van der Waals surface area contributed by atoms with Gasteiger partial charge in [-0.2, -0.15) is 0 Å². The Bertz CT molecular complexity index is 627. The van der Waals surface area contributed by atoms with Crippen molar-refractivity contribution >= 4 is 15.7 Å². The van der Waals surface area contributed by atoms with Crippen LogP contribution in [0.3, 0.4) is 0 Å². The SMILES string of the molecule is COCCC1(CNS(=O)(=O)c2cc(N)cc(C)c2F)CC1. The summed E-state index contributed by atoms with van der Waals surface area (Å²) in [6, 6.07) is 2.56. The van der Waals surface area contributed by atoms with E-state index in [0.29, 0.717) is 13.2 Å². The number of nitrogens with two attached hydrogens (primary N) is 1. The van der Waals surface area contributed by atoms with Gasteiger partial charge < -0.3 is 10.5 Å². The fourth-order valence-electron chi connectivity index (χ4n) is 2.30. The fraction of sp³-hybridized carbons (Fsp3) is 0.571. The Hall–Kier alpha value is -1.18. The highest BCUT2D eigenvalue weighted by Crippen LogP contribution is 2.48. The van der Waals surface area contributed by atoms with Gasteiger partial charge in [-0.25, -0.2) is 17.5 Å². The largest absolute Gasteiger partial charge is 0.399 e. The Morgan fingerprint density at radius 2 is 2.10 bits per heavy atom. The maximum Gasteiger partial charge on any atom is 0.243 e. The number of sulfonamides is 1. The van der Waals surface area contributed by atoms with Crippen molar-refractivity contribution in [2.24, 2.45) is 5.41 Å². The first-order chi connectivity index (χ1) is 9.80. The number of benzene rings is 1. The topological polar surface area (TPSA) is 81.4 Å². The molecule has 3 N–H and O–H groups in total. The molecule has 1 aliphatic carbocycles. The van der Waals surface area contributed by atoms with Crippen molar-refractivity contribution in [3.63, 3.8) is 0 Å². The number of nitrogens with one attached hydrogen (secondary N) is 1. The molecule has 118 valence electrons. The lowest BCUT2D eigenvalue weighted by molar-refractivity contribution is 0.173. The minimum atomic E-state index is -3.90. The van der Waals surface area contributed by atoms with Gasteiger partial charge in [0.05, 0.1) is 0 Å². The average Bonchev–Trinajstić information content (AvgIpc) is 3.19. The summed E-state index contributed by atoms with van der Waals surface area (Å²) < 4.78 is 46.1. The summed E-state index contributed by atoms with van der Waals surface area (Å²) in [5.74, 6) is -0.751.